The van der Waals surface area contributed by atoms with Gasteiger partial charge in [-0.1, -0.05) is 85.7 Å². The molecule has 0 unspecified atom stereocenters. The highest BCUT2D eigenvalue weighted by Crippen LogP contribution is 2.46. The van der Waals surface area contributed by atoms with Crippen molar-refractivity contribution < 1.29 is 23.7 Å². The van der Waals surface area contributed by atoms with Gasteiger partial charge in [0.2, 0.25) is 0 Å². The SMILES string of the molecule is CO[C@]1([C@@H](C)[C@H](O)[C@H](C)COCc2ccccc2)C[C@@H](O[Si](C)(C)C(C)(C)C)[C@H](C)[C@@H](C(C)C)O1. The van der Waals surface area contributed by atoms with Gasteiger partial charge in [-0.25, -0.2) is 0 Å². The van der Waals surface area contributed by atoms with Crippen LogP contribution in [0.15, 0.2) is 30.3 Å². The molecule has 0 aliphatic carbocycles. The maximum Gasteiger partial charge on any atom is 0.192 e. The van der Waals surface area contributed by atoms with Gasteiger partial charge in [0.15, 0.2) is 14.1 Å². The third-order valence-electron chi connectivity index (χ3n) is 8.46. The van der Waals surface area contributed by atoms with E-state index < -0.39 is 20.2 Å². The number of rotatable bonds is 11. The molecule has 0 amide bonds. The van der Waals surface area contributed by atoms with Gasteiger partial charge in [0, 0.05) is 31.3 Å². The van der Waals surface area contributed by atoms with Crippen molar-refractivity contribution in [2.45, 2.75) is 111 Å². The van der Waals surface area contributed by atoms with Crippen LogP contribution in [0.4, 0.5) is 0 Å². The van der Waals surface area contributed by atoms with Crippen LogP contribution in [-0.2, 0) is 25.2 Å². The minimum atomic E-state index is -2.00. The summed E-state index contributed by atoms with van der Waals surface area (Å²) in [4.78, 5) is 0. The molecular formula is C29H52O5Si. The monoisotopic (exact) mass is 508 g/mol. The van der Waals surface area contributed by atoms with Crippen LogP contribution in [0.5, 0.6) is 0 Å². The minimum absolute atomic E-state index is 0.0104. The molecule has 5 nitrogen and oxygen atoms in total. The smallest absolute Gasteiger partial charge is 0.192 e. The Kier molecular flexibility index (Phi) is 10.6. The highest BCUT2D eigenvalue weighted by molar-refractivity contribution is 6.74. The Morgan fingerprint density at radius 1 is 1.11 bits per heavy atom. The van der Waals surface area contributed by atoms with Crippen LogP contribution < -0.4 is 0 Å². The second kappa shape index (κ2) is 12.2. The molecule has 1 aromatic rings. The van der Waals surface area contributed by atoms with E-state index in [1.54, 1.807) is 7.11 Å². The number of aliphatic hydroxyl groups is 1. The summed E-state index contributed by atoms with van der Waals surface area (Å²) in [5.41, 5.74) is 1.13. The largest absolute Gasteiger partial charge is 0.413 e. The van der Waals surface area contributed by atoms with Gasteiger partial charge in [-0.15, -0.1) is 0 Å². The molecule has 1 aliphatic rings. The summed E-state index contributed by atoms with van der Waals surface area (Å²) in [6, 6.07) is 10.1. The molecule has 1 aromatic carbocycles. The van der Waals surface area contributed by atoms with Crippen molar-refractivity contribution in [3.63, 3.8) is 0 Å². The van der Waals surface area contributed by atoms with E-state index in [0.717, 1.165) is 5.56 Å². The number of hydrogen-bond acceptors (Lipinski definition) is 5. The molecule has 6 heteroatoms. The molecule has 202 valence electrons. The zero-order valence-corrected chi connectivity index (χ0v) is 25.1. The Morgan fingerprint density at radius 2 is 1.71 bits per heavy atom. The van der Waals surface area contributed by atoms with Crippen molar-refractivity contribution in [2.75, 3.05) is 13.7 Å². The normalized spacial score (nSPS) is 28.7. The standard InChI is InChI=1S/C29H52O5Si/c1-20(2)27-22(4)25(34-35(10,11)28(6,7)8)17-29(31-9,33-27)23(5)26(30)21(3)18-32-19-24-15-13-12-14-16-24/h12-16,20-23,25-27,30H,17-19H2,1-11H3/t21-,22+,23+,25-,26-,27-,29-/m1/s1. The number of ether oxygens (including phenoxy) is 3. The van der Waals surface area contributed by atoms with Gasteiger partial charge >= 0.3 is 0 Å². The lowest BCUT2D eigenvalue weighted by Crippen LogP contribution is -2.61. The molecule has 0 saturated carbocycles. The first-order valence-electron chi connectivity index (χ1n) is 13.4. The maximum absolute atomic E-state index is 11.4. The van der Waals surface area contributed by atoms with E-state index in [1.165, 1.54) is 0 Å². The second-order valence-electron chi connectivity index (χ2n) is 12.6. The fraction of sp³-hybridized carbons (Fsp3) is 0.793. The van der Waals surface area contributed by atoms with E-state index in [4.69, 9.17) is 18.6 Å². The lowest BCUT2D eigenvalue weighted by molar-refractivity contribution is -0.336. The van der Waals surface area contributed by atoms with E-state index in [9.17, 15) is 5.11 Å². The third-order valence-corrected chi connectivity index (χ3v) is 13.0. The molecule has 1 saturated heterocycles. The first kappa shape index (κ1) is 30.5. The van der Waals surface area contributed by atoms with Crippen LogP contribution >= 0.6 is 0 Å². The van der Waals surface area contributed by atoms with Crippen LogP contribution in [0.25, 0.3) is 0 Å². The molecule has 1 N–H and O–H groups in total. The Bertz CT molecular complexity index is 762. The minimum Gasteiger partial charge on any atom is -0.413 e. The summed E-state index contributed by atoms with van der Waals surface area (Å²) in [5.74, 6) is -0.686. The zero-order chi connectivity index (χ0) is 26.6. The summed E-state index contributed by atoms with van der Waals surface area (Å²) < 4.78 is 25.8. The zero-order valence-electron chi connectivity index (χ0n) is 24.1. The molecular weight excluding hydrogens is 456 g/mol. The van der Waals surface area contributed by atoms with E-state index >= 15 is 0 Å². The summed E-state index contributed by atoms with van der Waals surface area (Å²) in [6.07, 6.45) is -0.0366. The molecule has 0 aromatic heterocycles. The van der Waals surface area contributed by atoms with Gasteiger partial charge in [-0.2, -0.15) is 0 Å². The number of benzene rings is 1. The van der Waals surface area contributed by atoms with Crippen LogP contribution in [0.1, 0.15) is 67.4 Å². The van der Waals surface area contributed by atoms with Gasteiger partial charge in [0.1, 0.15) is 0 Å². The molecule has 0 radical (unpaired) electrons. The molecule has 2 rings (SSSR count). The van der Waals surface area contributed by atoms with Gasteiger partial charge < -0.3 is 23.7 Å². The first-order valence-corrected chi connectivity index (χ1v) is 16.3. The predicted octanol–water partition coefficient (Wildman–Crippen LogP) is 6.65. The lowest BCUT2D eigenvalue weighted by Gasteiger charge is -2.54. The number of hydrogen-bond donors (Lipinski definition) is 1. The van der Waals surface area contributed by atoms with E-state index in [0.29, 0.717) is 25.6 Å². The van der Waals surface area contributed by atoms with E-state index in [1.807, 2.05) is 32.0 Å². The van der Waals surface area contributed by atoms with Crippen molar-refractivity contribution >= 4 is 8.32 Å². The summed E-state index contributed by atoms with van der Waals surface area (Å²) in [6.45, 7) is 23.1. The fourth-order valence-corrected chi connectivity index (χ4v) is 6.32. The molecule has 35 heavy (non-hydrogen) atoms. The lowest BCUT2D eigenvalue weighted by atomic mass is 9.77. The van der Waals surface area contributed by atoms with Crippen molar-refractivity contribution in [2.24, 2.45) is 23.7 Å². The van der Waals surface area contributed by atoms with E-state index in [-0.39, 0.29) is 35.0 Å². The molecule has 1 aliphatic heterocycles. The molecule has 0 spiro atoms. The Balaban J connectivity index is 2.19. The van der Waals surface area contributed by atoms with Crippen molar-refractivity contribution in [1.82, 2.24) is 0 Å². The Hall–Kier alpha value is -0.763. The number of methoxy groups -OCH3 is 1. The number of aliphatic hydroxyl groups excluding tert-OH is 1. The molecule has 1 heterocycles. The molecule has 0 bridgehead atoms. The second-order valence-corrected chi connectivity index (χ2v) is 17.3. The van der Waals surface area contributed by atoms with Crippen LogP contribution in [0.3, 0.4) is 0 Å². The van der Waals surface area contributed by atoms with E-state index in [2.05, 4.69) is 66.8 Å². The molecule has 1 fully saturated rings. The van der Waals surface area contributed by atoms with Crippen LogP contribution in [0.2, 0.25) is 18.1 Å². The average molecular weight is 509 g/mol. The van der Waals surface area contributed by atoms with Gasteiger partial charge in [-0.05, 0) is 29.6 Å². The fourth-order valence-electron chi connectivity index (χ4n) is 4.91. The highest BCUT2D eigenvalue weighted by Gasteiger charge is 2.54. The third kappa shape index (κ3) is 7.39. The Labute approximate surface area is 216 Å². The van der Waals surface area contributed by atoms with Crippen LogP contribution in [-0.4, -0.2) is 51.2 Å². The topological polar surface area (TPSA) is 57.2 Å². The first-order chi connectivity index (χ1) is 16.1. The Morgan fingerprint density at radius 3 is 2.23 bits per heavy atom. The van der Waals surface area contributed by atoms with Crippen molar-refractivity contribution in [1.29, 1.82) is 0 Å². The highest BCUT2D eigenvalue weighted by atomic mass is 28.4. The van der Waals surface area contributed by atoms with Gasteiger partial charge in [0.05, 0.1) is 31.5 Å². The van der Waals surface area contributed by atoms with Crippen molar-refractivity contribution in [3.05, 3.63) is 35.9 Å². The summed E-state index contributed by atoms with van der Waals surface area (Å²) in [7, 11) is -0.296. The quantitative estimate of drug-likeness (QED) is 0.339. The summed E-state index contributed by atoms with van der Waals surface area (Å²) >= 11 is 0. The van der Waals surface area contributed by atoms with Crippen LogP contribution in [0, 0.1) is 23.7 Å². The van der Waals surface area contributed by atoms with Crippen molar-refractivity contribution in [3.8, 4) is 0 Å². The van der Waals surface area contributed by atoms with Gasteiger partial charge in [-0.3, -0.25) is 0 Å². The molecule has 7 atom stereocenters. The average Bonchev–Trinajstić information content (AvgIpc) is 2.79. The maximum atomic E-state index is 11.4. The summed E-state index contributed by atoms with van der Waals surface area (Å²) in [5, 5.41) is 11.5. The predicted molar refractivity (Wildman–Crippen MR) is 146 cm³/mol. The van der Waals surface area contributed by atoms with Gasteiger partial charge in [0.25, 0.3) is 0 Å².